The molecule has 0 bridgehead atoms. The predicted molar refractivity (Wildman–Crippen MR) is 130 cm³/mol. The lowest BCUT2D eigenvalue weighted by molar-refractivity contribution is -0.128. The van der Waals surface area contributed by atoms with E-state index in [0.717, 1.165) is 11.1 Å². The minimum absolute atomic E-state index is 0.0353. The Balaban J connectivity index is 2.04. The van der Waals surface area contributed by atoms with Crippen molar-refractivity contribution in [1.82, 2.24) is 4.90 Å². The molecule has 2 aromatic carbocycles. The lowest BCUT2D eigenvalue weighted by Gasteiger charge is -2.41. The van der Waals surface area contributed by atoms with E-state index in [0.29, 0.717) is 12.1 Å². The summed E-state index contributed by atoms with van der Waals surface area (Å²) in [5.74, 6) is 6.85. The molecule has 3 rings (SSSR count). The molecule has 1 heterocycles. The van der Waals surface area contributed by atoms with Crippen molar-refractivity contribution in [2.75, 3.05) is 12.8 Å². The van der Waals surface area contributed by atoms with Crippen LogP contribution in [-0.2, 0) is 9.22 Å². The van der Waals surface area contributed by atoms with Crippen LogP contribution in [-0.4, -0.2) is 38.3 Å². The fourth-order valence-corrected chi connectivity index (χ4v) is 4.95. The van der Waals surface area contributed by atoms with E-state index in [1.807, 2.05) is 54.4 Å². The lowest BCUT2D eigenvalue weighted by atomic mass is 9.88. The summed E-state index contributed by atoms with van der Waals surface area (Å²) in [6.45, 7) is 11.1. The Hall–Kier alpha value is -2.55. The number of nitrogens with zero attached hydrogens (tertiary/aromatic N) is 1. The van der Waals surface area contributed by atoms with Gasteiger partial charge < -0.3 is 15.1 Å². The smallest absolute Gasteiger partial charge is 0.223 e. The van der Waals surface area contributed by atoms with Gasteiger partial charge in [-0.15, -0.1) is 0 Å². The largest absolute Gasteiger partial charge is 0.401 e. The molecule has 164 valence electrons. The van der Waals surface area contributed by atoms with Crippen molar-refractivity contribution in [2.45, 2.75) is 63.4 Å². The van der Waals surface area contributed by atoms with Gasteiger partial charge in [-0.05, 0) is 41.9 Å². The second-order valence-electron chi connectivity index (χ2n) is 9.91. The number of carbonyl (C=O) groups is 1. The summed E-state index contributed by atoms with van der Waals surface area (Å²) in [6, 6.07) is 17.7. The van der Waals surface area contributed by atoms with Crippen LogP contribution in [0.15, 0.2) is 54.6 Å². The zero-order valence-corrected chi connectivity index (χ0v) is 20.5. The fraction of sp³-hybridized carbons (Fsp3) is 0.423. The Labute approximate surface area is 187 Å². The normalized spacial score (nSPS) is 20.3. The molecule has 4 nitrogen and oxygen atoms in total. The number of nitrogen functional groups attached to an aromatic ring is 1. The molecule has 0 radical (unpaired) electrons. The Morgan fingerprint density at radius 1 is 1.13 bits per heavy atom. The van der Waals surface area contributed by atoms with Crippen molar-refractivity contribution in [1.29, 1.82) is 0 Å². The molecule has 1 aliphatic heterocycles. The Morgan fingerprint density at radius 2 is 1.81 bits per heavy atom. The van der Waals surface area contributed by atoms with E-state index in [2.05, 4.69) is 57.8 Å². The van der Waals surface area contributed by atoms with Gasteiger partial charge >= 0.3 is 0 Å². The third kappa shape index (κ3) is 5.20. The molecule has 0 unspecified atom stereocenters. The molecular weight excluding hydrogens is 400 g/mol. The van der Waals surface area contributed by atoms with Gasteiger partial charge in [0, 0.05) is 30.6 Å². The summed E-state index contributed by atoms with van der Waals surface area (Å²) in [7, 11) is -0.257. The van der Waals surface area contributed by atoms with E-state index in [1.54, 1.807) is 0 Å². The highest BCUT2D eigenvalue weighted by atomic mass is 28.4. The number of anilines is 1. The molecule has 31 heavy (non-hydrogen) atoms. The standard InChI is InChI=1S/C26H34N2O2Si/c1-26(2,3)31(5,6)30-23(16-15-19-11-10-14-21(27)17-19)25-22(18-24(29)28(25)4)20-12-8-7-9-13-20/h7-14,17,22-23,25H,18,27H2,1-6H3/t22-,23-,25-/m1/s1. The lowest BCUT2D eigenvalue weighted by Crippen LogP contribution is -2.50. The van der Waals surface area contributed by atoms with E-state index < -0.39 is 8.32 Å². The van der Waals surface area contributed by atoms with E-state index >= 15 is 0 Å². The summed E-state index contributed by atoms with van der Waals surface area (Å²) < 4.78 is 6.85. The molecule has 2 aromatic rings. The summed E-state index contributed by atoms with van der Waals surface area (Å²) in [5, 5.41) is 0.0353. The maximum Gasteiger partial charge on any atom is 0.223 e. The van der Waals surface area contributed by atoms with E-state index in [-0.39, 0.29) is 29.0 Å². The Morgan fingerprint density at radius 3 is 2.42 bits per heavy atom. The van der Waals surface area contributed by atoms with Gasteiger partial charge in [0.15, 0.2) is 8.32 Å². The van der Waals surface area contributed by atoms with Crippen LogP contribution in [0.4, 0.5) is 5.69 Å². The maximum atomic E-state index is 12.8. The first-order chi connectivity index (χ1) is 14.5. The van der Waals surface area contributed by atoms with Crippen LogP contribution in [0.3, 0.4) is 0 Å². The van der Waals surface area contributed by atoms with E-state index in [9.17, 15) is 4.79 Å². The number of likely N-dealkylation sites (N-methyl/N-ethyl adjacent to an activating group) is 1. The van der Waals surface area contributed by atoms with Gasteiger partial charge in [-0.1, -0.05) is 69.0 Å². The number of carbonyl (C=O) groups excluding carboxylic acids is 1. The van der Waals surface area contributed by atoms with Crippen LogP contribution in [0, 0.1) is 11.8 Å². The first kappa shape index (κ1) is 23.1. The molecule has 5 heteroatoms. The summed E-state index contributed by atoms with van der Waals surface area (Å²) in [4.78, 5) is 14.6. The zero-order chi connectivity index (χ0) is 22.8. The molecule has 3 atom stereocenters. The van der Waals surface area contributed by atoms with Crippen LogP contribution in [0.1, 0.15) is 44.2 Å². The van der Waals surface area contributed by atoms with E-state index in [1.165, 1.54) is 0 Å². The van der Waals surface area contributed by atoms with Gasteiger partial charge in [0.25, 0.3) is 0 Å². The van der Waals surface area contributed by atoms with Gasteiger partial charge in [0.05, 0.1) is 6.04 Å². The number of benzene rings is 2. The third-order valence-electron chi connectivity index (χ3n) is 6.66. The molecule has 1 fully saturated rings. The minimum atomic E-state index is -2.13. The monoisotopic (exact) mass is 434 g/mol. The van der Waals surface area contributed by atoms with Crippen molar-refractivity contribution in [3.63, 3.8) is 0 Å². The van der Waals surface area contributed by atoms with Gasteiger partial charge in [-0.25, -0.2) is 0 Å². The number of rotatable bonds is 4. The molecule has 0 aliphatic carbocycles. The minimum Gasteiger partial charge on any atom is -0.401 e. The average Bonchev–Trinajstić information content (AvgIpc) is 3.00. The number of hydrogen-bond donors (Lipinski definition) is 1. The van der Waals surface area contributed by atoms with Crippen LogP contribution >= 0.6 is 0 Å². The molecular formula is C26H34N2O2Si. The number of hydrogen-bond acceptors (Lipinski definition) is 3. The molecule has 2 N–H and O–H groups in total. The first-order valence-corrected chi connectivity index (χ1v) is 13.8. The van der Waals surface area contributed by atoms with Crippen molar-refractivity contribution in [3.8, 4) is 11.8 Å². The first-order valence-electron chi connectivity index (χ1n) is 10.8. The quantitative estimate of drug-likeness (QED) is 0.417. The highest BCUT2D eigenvalue weighted by Crippen LogP contribution is 2.41. The molecule has 0 saturated carbocycles. The highest BCUT2D eigenvalue weighted by Gasteiger charge is 2.47. The van der Waals surface area contributed by atoms with Crippen molar-refractivity contribution >= 4 is 19.9 Å². The van der Waals surface area contributed by atoms with Gasteiger partial charge in [0.1, 0.15) is 6.10 Å². The number of amides is 1. The van der Waals surface area contributed by atoms with Crippen LogP contribution in [0.5, 0.6) is 0 Å². The maximum absolute atomic E-state index is 12.8. The zero-order valence-electron chi connectivity index (χ0n) is 19.5. The van der Waals surface area contributed by atoms with Crippen LogP contribution in [0.2, 0.25) is 18.1 Å². The Bertz CT molecular complexity index is 986. The summed E-state index contributed by atoms with van der Waals surface area (Å²) in [5.41, 5.74) is 8.63. The van der Waals surface area contributed by atoms with Crippen molar-refractivity contribution in [2.24, 2.45) is 0 Å². The third-order valence-corrected chi connectivity index (χ3v) is 11.1. The van der Waals surface area contributed by atoms with E-state index in [4.69, 9.17) is 10.2 Å². The van der Waals surface area contributed by atoms with Crippen molar-refractivity contribution < 1.29 is 9.22 Å². The molecule has 0 spiro atoms. The summed E-state index contributed by atoms with van der Waals surface area (Å²) in [6.07, 6.45) is 0.0895. The second kappa shape index (κ2) is 8.90. The van der Waals surface area contributed by atoms with Crippen LogP contribution in [0.25, 0.3) is 0 Å². The van der Waals surface area contributed by atoms with Crippen molar-refractivity contribution in [3.05, 3.63) is 65.7 Å². The summed E-state index contributed by atoms with van der Waals surface area (Å²) >= 11 is 0. The Kier molecular flexibility index (Phi) is 6.64. The average molecular weight is 435 g/mol. The fourth-order valence-electron chi connectivity index (χ4n) is 3.77. The predicted octanol–water partition coefficient (Wildman–Crippen LogP) is 5.03. The topological polar surface area (TPSA) is 55.6 Å². The molecule has 1 saturated heterocycles. The number of likely N-dealkylation sites (tertiary alicyclic amines) is 1. The molecule has 1 aliphatic rings. The van der Waals surface area contributed by atoms with Crippen LogP contribution < -0.4 is 5.73 Å². The number of nitrogens with two attached hydrogens (primary N) is 1. The van der Waals surface area contributed by atoms with Gasteiger partial charge in [-0.3, -0.25) is 4.79 Å². The SMILES string of the molecule is CN1C(=O)C[C@H](c2ccccc2)[C@@H]1[C@@H](C#Cc1cccc(N)c1)O[Si](C)(C)C(C)(C)C. The molecule has 1 amide bonds. The van der Waals surface area contributed by atoms with Gasteiger partial charge in [0.2, 0.25) is 5.91 Å². The molecule has 0 aromatic heterocycles. The second-order valence-corrected chi connectivity index (χ2v) is 14.7. The highest BCUT2D eigenvalue weighted by molar-refractivity contribution is 6.74. The van der Waals surface area contributed by atoms with Gasteiger partial charge in [-0.2, -0.15) is 0 Å².